The number of aromatic nitrogens is 1. The molecule has 132 valence electrons. The zero-order chi connectivity index (χ0) is 16.9. The molecule has 3 rings (SSSR count). The quantitative estimate of drug-likeness (QED) is 0.830. The number of hydrogen-bond donors (Lipinski definition) is 2. The summed E-state index contributed by atoms with van der Waals surface area (Å²) in [6.45, 7) is 9.13. The normalized spacial score (nSPS) is 19.6. The van der Waals surface area contributed by atoms with Crippen LogP contribution in [0.4, 0.5) is 0 Å². The van der Waals surface area contributed by atoms with Gasteiger partial charge in [-0.2, -0.15) is 0 Å². The van der Waals surface area contributed by atoms with Crippen molar-refractivity contribution in [3.63, 3.8) is 0 Å². The number of aryl methyl sites for hydroxylation is 1. The van der Waals surface area contributed by atoms with Crippen LogP contribution in [0.2, 0.25) is 0 Å². The van der Waals surface area contributed by atoms with Crippen LogP contribution in [0.5, 0.6) is 0 Å². The molecule has 0 spiro atoms. The summed E-state index contributed by atoms with van der Waals surface area (Å²) >= 11 is 0. The van der Waals surface area contributed by atoms with Gasteiger partial charge in [-0.05, 0) is 63.1 Å². The average molecular weight is 331 g/mol. The molecule has 0 bridgehead atoms. The topological polar surface area (TPSA) is 60.5 Å². The lowest BCUT2D eigenvalue weighted by molar-refractivity contribution is -0.122. The number of fused-ring (bicyclic) bond motifs is 1. The number of pyridine rings is 1. The Hall–Kier alpha value is -1.50. The van der Waals surface area contributed by atoms with E-state index in [2.05, 4.69) is 32.5 Å². The van der Waals surface area contributed by atoms with E-state index < -0.39 is 0 Å². The molecule has 2 aliphatic rings. The van der Waals surface area contributed by atoms with E-state index in [9.17, 15) is 4.79 Å². The van der Waals surface area contributed by atoms with Gasteiger partial charge < -0.3 is 15.5 Å². The zero-order valence-corrected chi connectivity index (χ0v) is 14.9. The lowest BCUT2D eigenvalue weighted by atomic mass is 9.96. The molecule has 1 saturated heterocycles. The summed E-state index contributed by atoms with van der Waals surface area (Å²) in [5, 5.41) is 6.49. The first-order valence-corrected chi connectivity index (χ1v) is 8.98. The monoisotopic (exact) mass is 331 g/mol. The zero-order valence-electron chi connectivity index (χ0n) is 14.9. The van der Waals surface area contributed by atoms with Gasteiger partial charge in [-0.3, -0.25) is 14.7 Å². The van der Waals surface area contributed by atoms with E-state index >= 15 is 0 Å². The van der Waals surface area contributed by atoms with Crippen molar-refractivity contribution in [2.45, 2.75) is 32.9 Å². The molecule has 6 nitrogen and oxygen atoms in total. The fourth-order valence-corrected chi connectivity index (χ4v) is 3.58. The SMILES string of the molecule is Cc1ncc2c(c1CNC(=O)CN1CCCN(C)CC1)CCNC2. The van der Waals surface area contributed by atoms with Crippen molar-refractivity contribution >= 4 is 5.91 Å². The van der Waals surface area contributed by atoms with Crippen LogP contribution in [0.3, 0.4) is 0 Å². The van der Waals surface area contributed by atoms with Gasteiger partial charge in [-0.15, -0.1) is 0 Å². The number of nitrogens with one attached hydrogen (secondary N) is 2. The van der Waals surface area contributed by atoms with Crippen molar-refractivity contribution in [3.05, 3.63) is 28.6 Å². The van der Waals surface area contributed by atoms with Crippen LogP contribution in [0.1, 0.15) is 28.8 Å². The molecule has 6 heteroatoms. The molecule has 1 fully saturated rings. The number of likely N-dealkylation sites (N-methyl/N-ethyl adjacent to an activating group) is 1. The average Bonchev–Trinajstić information content (AvgIpc) is 2.78. The molecule has 1 aromatic heterocycles. The lowest BCUT2D eigenvalue weighted by Gasteiger charge is -2.22. The highest BCUT2D eigenvalue weighted by Gasteiger charge is 2.18. The van der Waals surface area contributed by atoms with E-state index in [1.54, 1.807) is 0 Å². The van der Waals surface area contributed by atoms with Crippen molar-refractivity contribution in [3.8, 4) is 0 Å². The van der Waals surface area contributed by atoms with Gasteiger partial charge in [0.25, 0.3) is 0 Å². The van der Waals surface area contributed by atoms with Crippen molar-refractivity contribution in [2.75, 3.05) is 46.3 Å². The van der Waals surface area contributed by atoms with Crippen molar-refractivity contribution in [1.82, 2.24) is 25.4 Å². The van der Waals surface area contributed by atoms with Crippen molar-refractivity contribution < 1.29 is 4.79 Å². The largest absolute Gasteiger partial charge is 0.351 e. The summed E-state index contributed by atoms with van der Waals surface area (Å²) in [4.78, 5) is 21.4. The highest BCUT2D eigenvalue weighted by Crippen LogP contribution is 2.20. The second-order valence-electron chi connectivity index (χ2n) is 6.96. The fraction of sp³-hybridized carbons (Fsp3) is 0.667. The van der Waals surface area contributed by atoms with E-state index in [1.165, 1.54) is 16.7 Å². The Morgan fingerprint density at radius 1 is 1.33 bits per heavy atom. The van der Waals surface area contributed by atoms with E-state index in [-0.39, 0.29) is 5.91 Å². The molecular weight excluding hydrogens is 302 g/mol. The van der Waals surface area contributed by atoms with Crippen LogP contribution in [0, 0.1) is 6.92 Å². The number of nitrogens with zero attached hydrogens (tertiary/aromatic N) is 3. The third-order valence-electron chi connectivity index (χ3n) is 5.11. The number of carbonyl (C=O) groups is 1. The minimum atomic E-state index is 0.116. The van der Waals surface area contributed by atoms with E-state index in [0.717, 1.165) is 57.8 Å². The molecule has 1 aromatic rings. The summed E-state index contributed by atoms with van der Waals surface area (Å²) in [6, 6.07) is 0. The van der Waals surface area contributed by atoms with Crippen LogP contribution < -0.4 is 10.6 Å². The number of rotatable bonds is 4. The van der Waals surface area contributed by atoms with Crippen LogP contribution in [0.15, 0.2) is 6.20 Å². The molecule has 0 saturated carbocycles. The van der Waals surface area contributed by atoms with Crippen LogP contribution in [0.25, 0.3) is 0 Å². The molecule has 1 amide bonds. The van der Waals surface area contributed by atoms with Gasteiger partial charge in [0, 0.05) is 38.1 Å². The minimum absolute atomic E-state index is 0.116. The Morgan fingerprint density at radius 3 is 3.08 bits per heavy atom. The highest BCUT2D eigenvalue weighted by molar-refractivity contribution is 5.78. The van der Waals surface area contributed by atoms with Gasteiger partial charge in [0.15, 0.2) is 0 Å². The molecule has 0 radical (unpaired) electrons. The third kappa shape index (κ3) is 4.32. The fourth-order valence-electron chi connectivity index (χ4n) is 3.58. The summed E-state index contributed by atoms with van der Waals surface area (Å²) in [5.74, 6) is 0.116. The Morgan fingerprint density at radius 2 is 2.21 bits per heavy atom. The first-order chi connectivity index (χ1) is 11.6. The highest BCUT2D eigenvalue weighted by atomic mass is 16.2. The van der Waals surface area contributed by atoms with Crippen molar-refractivity contribution in [2.24, 2.45) is 0 Å². The van der Waals surface area contributed by atoms with Gasteiger partial charge >= 0.3 is 0 Å². The maximum Gasteiger partial charge on any atom is 0.234 e. The molecule has 0 unspecified atom stereocenters. The van der Waals surface area contributed by atoms with Crippen LogP contribution in [-0.2, 0) is 24.3 Å². The van der Waals surface area contributed by atoms with Gasteiger partial charge in [0.1, 0.15) is 0 Å². The van der Waals surface area contributed by atoms with Gasteiger partial charge in [-0.1, -0.05) is 0 Å². The number of amides is 1. The summed E-state index contributed by atoms with van der Waals surface area (Å²) in [5.41, 5.74) is 4.88. The van der Waals surface area contributed by atoms with E-state index in [4.69, 9.17) is 0 Å². The standard InChI is InChI=1S/C18H29N5O/c1-14-17(16-4-5-19-10-15(16)11-20-14)12-21-18(24)13-23-7-3-6-22(2)8-9-23/h11,19H,3-10,12-13H2,1-2H3,(H,21,24). The third-order valence-corrected chi connectivity index (χ3v) is 5.11. The number of hydrogen-bond acceptors (Lipinski definition) is 5. The van der Waals surface area contributed by atoms with Gasteiger partial charge in [0.05, 0.1) is 6.54 Å². The maximum atomic E-state index is 12.4. The summed E-state index contributed by atoms with van der Waals surface area (Å²) in [7, 11) is 2.15. The molecule has 2 aliphatic heterocycles. The van der Waals surface area contributed by atoms with E-state index in [1.807, 2.05) is 13.1 Å². The minimum Gasteiger partial charge on any atom is -0.351 e. The summed E-state index contributed by atoms with van der Waals surface area (Å²) < 4.78 is 0. The Balaban J connectivity index is 1.56. The van der Waals surface area contributed by atoms with Crippen LogP contribution >= 0.6 is 0 Å². The first-order valence-electron chi connectivity index (χ1n) is 8.98. The lowest BCUT2D eigenvalue weighted by Crippen LogP contribution is -2.39. The smallest absolute Gasteiger partial charge is 0.234 e. The Bertz CT molecular complexity index is 589. The molecule has 2 N–H and O–H groups in total. The second-order valence-corrected chi connectivity index (χ2v) is 6.96. The summed E-state index contributed by atoms with van der Waals surface area (Å²) in [6.07, 6.45) is 4.12. The molecule has 0 aliphatic carbocycles. The molecule has 3 heterocycles. The second kappa shape index (κ2) is 8.05. The number of carbonyl (C=O) groups excluding carboxylic acids is 1. The Labute approximate surface area is 144 Å². The molecule has 0 aromatic carbocycles. The van der Waals surface area contributed by atoms with Crippen LogP contribution in [-0.4, -0.2) is 67.0 Å². The predicted octanol–water partition coefficient (Wildman–Crippen LogP) is 0.289. The molecular formula is C18H29N5O. The predicted molar refractivity (Wildman–Crippen MR) is 94.8 cm³/mol. The molecule has 24 heavy (non-hydrogen) atoms. The maximum absolute atomic E-state index is 12.4. The molecule has 0 atom stereocenters. The van der Waals surface area contributed by atoms with Gasteiger partial charge in [-0.25, -0.2) is 0 Å². The first kappa shape index (κ1) is 17.3. The van der Waals surface area contributed by atoms with E-state index in [0.29, 0.717) is 13.1 Å². The Kier molecular flexibility index (Phi) is 5.81. The van der Waals surface area contributed by atoms with Gasteiger partial charge in [0.2, 0.25) is 5.91 Å². The van der Waals surface area contributed by atoms with Crippen molar-refractivity contribution in [1.29, 1.82) is 0 Å².